The van der Waals surface area contributed by atoms with E-state index < -0.39 is 6.10 Å². The number of furan rings is 1. The summed E-state index contributed by atoms with van der Waals surface area (Å²) in [6.07, 6.45) is 0.110. The molecule has 2 heterocycles. The van der Waals surface area contributed by atoms with E-state index in [0.717, 1.165) is 23.3 Å². The standard InChI is InChI=1S/C17H19NO4/c1-10-7-14(11(2)22-10)17(20)18-9-15(19)12-3-4-16-13(8-12)5-6-21-16/h3-4,7-8,15,19H,5-6,9H2,1-2H3,(H,18,20)/t15-/m1/s1. The molecule has 2 N–H and O–H groups in total. The molecular weight excluding hydrogens is 282 g/mol. The SMILES string of the molecule is Cc1cc(C(=O)NC[C@@H](O)c2ccc3c(c2)CCO3)c(C)o1. The van der Waals surface area contributed by atoms with Crippen LogP contribution in [0.1, 0.15) is 39.1 Å². The maximum Gasteiger partial charge on any atom is 0.254 e. The number of fused-ring (bicyclic) bond motifs is 1. The number of carbonyl (C=O) groups excluding carboxylic acids is 1. The minimum absolute atomic E-state index is 0.155. The number of aliphatic hydroxyl groups excluding tert-OH is 1. The van der Waals surface area contributed by atoms with Crippen molar-refractivity contribution in [3.63, 3.8) is 0 Å². The molecule has 0 aliphatic carbocycles. The van der Waals surface area contributed by atoms with Crippen molar-refractivity contribution in [2.24, 2.45) is 0 Å². The van der Waals surface area contributed by atoms with E-state index in [1.54, 1.807) is 19.9 Å². The Morgan fingerprint density at radius 3 is 2.91 bits per heavy atom. The third-order valence-corrected chi connectivity index (χ3v) is 3.84. The highest BCUT2D eigenvalue weighted by molar-refractivity contribution is 5.95. The van der Waals surface area contributed by atoms with Crippen molar-refractivity contribution in [3.8, 4) is 5.75 Å². The number of hydrogen-bond acceptors (Lipinski definition) is 4. The van der Waals surface area contributed by atoms with Crippen LogP contribution in [0.2, 0.25) is 0 Å². The lowest BCUT2D eigenvalue weighted by Gasteiger charge is -2.13. The van der Waals surface area contributed by atoms with E-state index in [1.807, 2.05) is 18.2 Å². The van der Waals surface area contributed by atoms with E-state index in [-0.39, 0.29) is 12.5 Å². The quantitative estimate of drug-likeness (QED) is 0.909. The Morgan fingerprint density at radius 2 is 2.18 bits per heavy atom. The molecule has 1 aliphatic rings. The molecule has 0 radical (unpaired) electrons. The maximum atomic E-state index is 12.1. The molecule has 0 spiro atoms. The fraction of sp³-hybridized carbons (Fsp3) is 0.353. The molecule has 1 aliphatic heterocycles. The van der Waals surface area contributed by atoms with Gasteiger partial charge >= 0.3 is 0 Å². The number of carbonyl (C=O) groups is 1. The summed E-state index contributed by atoms with van der Waals surface area (Å²) in [5.74, 6) is 1.92. The zero-order valence-electron chi connectivity index (χ0n) is 12.7. The number of amides is 1. The van der Waals surface area contributed by atoms with E-state index in [0.29, 0.717) is 23.7 Å². The molecular formula is C17H19NO4. The lowest BCUT2D eigenvalue weighted by molar-refractivity contribution is 0.0914. The largest absolute Gasteiger partial charge is 0.493 e. The molecule has 3 rings (SSSR count). The zero-order valence-corrected chi connectivity index (χ0v) is 12.7. The number of aliphatic hydroxyl groups is 1. The van der Waals surface area contributed by atoms with E-state index in [4.69, 9.17) is 9.15 Å². The van der Waals surface area contributed by atoms with Crippen LogP contribution in [0.15, 0.2) is 28.7 Å². The second kappa shape index (κ2) is 5.85. The summed E-state index contributed by atoms with van der Waals surface area (Å²) in [5.41, 5.74) is 2.39. The van der Waals surface area contributed by atoms with E-state index >= 15 is 0 Å². The van der Waals surface area contributed by atoms with Gasteiger partial charge in [0.2, 0.25) is 0 Å². The Bertz CT molecular complexity index is 705. The third-order valence-electron chi connectivity index (χ3n) is 3.84. The van der Waals surface area contributed by atoms with Crippen molar-refractivity contribution >= 4 is 5.91 Å². The first-order chi connectivity index (χ1) is 10.5. The maximum absolute atomic E-state index is 12.1. The highest BCUT2D eigenvalue weighted by atomic mass is 16.5. The Morgan fingerprint density at radius 1 is 1.36 bits per heavy atom. The molecule has 0 fully saturated rings. The Hall–Kier alpha value is -2.27. The normalized spacial score (nSPS) is 14.3. The van der Waals surface area contributed by atoms with Crippen molar-refractivity contribution in [2.75, 3.05) is 13.2 Å². The van der Waals surface area contributed by atoms with E-state index in [9.17, 15) is 9.90 Å². The van der Waals surface area contributed by atoms with Crippen molar-refractivity contribution in [1.29, 1.82) is 0 Å². The monoisotopic (exact) mass is 301 g/mol. The molecule has 22 heavy (non-hydrogen) atoms. The van der Waals surface area contributed by atoms with Crippen LogP contribution in [0.25, 0.3) is 0 Å². The number of ether oxygens (including phenoxy) is 1. The molecule has 0 unspecified atom stereocenters. The highest BCUT2D eigenvalue weighted by Gasteiger charge is 2.18. The van der Waals surface area contributed by atoms with Crippen molar-refractivity contribution < 1.29 is 19.1 Å². The molecule has 116 valence electrons. The molecule has 0 saturated carbocycles. The fourth-order valence-electron chi connectivity index (χ4n) is 2.67. The lowest BCUT2D eigenvalue weighted by atomic mass is 10.0. The van der Waals surface area contributed by atoms with Gasteiger partial charge < -0.3 is 19.6 Å². The highest BCUT2D eigenvalue weighted by Crippen LogP contribution is 2.28. The molecule has 1 amide bonds. The minimum Gasteiger partial charge on any atom is -0.493 e. The number of nitrogens with one attached hydrogen (secondary N) is 1. The zero-order chi connectivity index (χ0) is 15.7. The fourth-order valence-corrected chi connectivity index (χ4v) is 2.67. The number of benzene rings is 1. The van der Waals surface area contributed by atoms with Crippen molar-refractivity contribution in [2.45, 2.75) is 26.4 Å². The van der Waals surface area contributed by atoms with Crippen LogP contribution in [0.4, 0.5) is 0 Å². The van der Waals surface area contributed by atoms with Crippen LogP contribution in [-0.2, 0) is 6.42 Å². The summed E-state index contributed by atoms with van der Waals surface area (Å²) in [4.78, 5) is 12.1. The van der Waals surface area contributed by atoms with Gasteiger partial charge in [0.25, 0.3) is 5.91 Å². The average molecular weight is 301 g/mol. The van der Waals surface area contributed by atoms with E-state index in [2.05, 4.69) is 5.32 Å². The number of rotatable bonds is 4. The summed E-state index contributed by atoms with van der Waals surface area (Å²) in [5, 5.41) is 13.0. The first-order valence-electron chi connectivity index (χ1n) is 7.33. The van der Waals surface area contributed by atoms with Gasteiger partial charge in [-0.15, -0.1) is 0 Å². The summed E-state index contributed by atoms with van der Waals surface area (Å²) in [7, 11) is 0. The van der Waals surface area contributed by atoms with Gasteiger partial charge in [0, 0.05) is 13.0 Å². The topological polar surface area (TPSA) is 71.7 Å². The number of hydrogen-bond donors (Lipinski definition) is 2. The van der Waals surface area contributed by atoms with Crippen LogP contribution in [0, 0.1) is 13.8 Å². The smallest absolute Gasteiger partial charge is 0.254 e. The van der Waals surface area contributed by atoms with Crippen LogP contribution in [0.3, 0.4) is 0 Å². The Labute approximate surface area is 128 Å². The summed E-state index contributed by atoms with van der Waals surface area (Å²) in [6.45, 7) is 4.39. The van der Waals surface area contributed by atoms with Crippen LogP contribution >= 0.6 is 0 Å². The van der Waals surface area contributed by atoms with Gasteiger partial charge in [0.05, 0.1) is 18.3 Å². The van der Waals surface area contributed by atoms with Crippen LogP contribution < -0.4 is 10.1 Å². The number of aryl methyl sites for hydroxylation is 2. The van der Waals surface area contributed by atoms with Crippen LogP contribution in [-0.4, -0.2) is 24.2 Å². The van der Waals surface area contributed by atoms with Gasteiger partial charge in [0.1, 0.15) is 17.3 Å². The van der Waals surface area contributed by atoms with Crippen molar-refractivity contribution in [1.82, 2.24) is 5.32 Å². The molecule has 1 aromatic heterocycles. The van der Waals surface area contributed by atoms with Gasteiger partial charge in [0.15, 0.2) is 0 Å². The molecule has 5 nitrogen and oxygen atoms in total. The van der Waals surface area contributed by atoms with E-state index in [1.165, 1.54) is 0 Å². The van der Waals surface area contributed by atoms with Crippen molar-refractivity contribution in [3.05, 3.63) is 52.5 Å². The van der Waals surface area contributed by atoms with Gasteiger partial charge in [-0.25, -0.2) is 0 Å². The summed E-state index contributed by atoms with van der Waals surface area (Å²) in [6, 6.07) is 7.33. The lowest BCUT2D eigenvalue weighted by Crippen LogP contribution is -2.28. The second-order valence-corrected chi connectivity index (χ2v) is 5.52. The molecule has 0 bridgehead atoms. The second-order valence-electron chi connectivity index (χ2n) is 5.52. The van der Waals surface area contributed by atoms with Gasteiger partial charge in [-0.1, -0.05) is 6.07 Å². The molecule has 2 aromatic rings. The van der Waals surface area contributed by atoms with Gasteiger partial charge in [-0.2, -0.15) is 0 Å². The van der Waals surface area contributed by atoms with Crippen LogP contribution in [0.5, 0.6) is 5.75 Å². The molecule has 0 saturated heterocycles. The predicted octanol–water partition coefficient (Wildman–Crippen LogP) is 2.29. The third kappa shape index (κ3) is 2.85. The first kappa shape index (κ1) is 14.7. The van der Waals surface area contributed by atoms with Gasteiger partial charge in [-0.3, -0.25) is 4.79 Å². The summed E-state index contributed by atoms with van der Waals surface area (Å²) < 4.78 is 10.8. The minimum atomic E-state index is -0.747. The Balaban J connectivity index is 1.63. The molecule has 1 atom stereocenters. The molecule has 1 aromatic carbocycles. The predicted molar refractivity (Wildman–Crippen MR) is 81.1 cm³/mol. The average Bonchev–Trinajstić information content (AvgIpc) is 3.09. The Kier molecular flexibility index (Phi) is 3.90. The summed E-state index contributed by atoms with van der Waals surface area (Å²) >= 11 is 0. The first-order valence-corrected chi connectivity index (χ1v) is 7.33. The molecule has 5 heteroatoms. The van der Waals surface area contributed by atoms with Gasteiger partial charge in [-0.05, 0) is 43.2 Å².